The Morgan fingerprint density at radius 3 is 2.15 bits per heavy atom. The quantitative estimate of drug-likeness (QED) is 0.793. The first-order valence-electron chi connectivity index (χ1n) is 8.72. The zero-order chi connectivity index (χ0) is 20.0. The molecule has 1 aromatic heterocycles. The van der Waals surface area contributed by atoms with Crippen LogP contribution < -0.4 is 10.8 Å². The van der Waals surface area contributed by atoms with E-state index < -0.39 is 30.0 Å². The van der Waals surface area contributed by atoms with Gasteiger partial charge in [-0.3, -0.25) is 0 Å². The maximum atomic E-state index is 10.9. The van der Waals surface area contributed by atoms with Crippen LogP contribution in [0, 0.1) is 0 Å². The third-order valence-electron chi connectivity index (χ3n) is 5.06. The van der Waals surface area contributed by atoms with E-state index in [2.05, 4.69) is 15.5 Å². The van der Waals surface area contributed by atoms with Gasteiger partial charge in [-0.05, 0) is 59.1 Å². The first-order chi connectivity index (χ1) is 12.4. The van der Waals surface area contributed by atoms with Gasteiger partial charge in [-0.1, -0.05) is 12.1 Å². The van der Waals surface area contributed by atoms with Gasteiger partial charge in [0.2, 0.25) is 11.8 Å². The Balaban J connectivity index is 1.78. The Labute approximate surface area is 158 Å². The van der Waals surface area contributed by atoms with Gasteiger partial charge in [0, 0.05) is 5.56 Å². The van der Waals surface area contributed by atoms with Crippen molar-refractivity contribution < 1.29 is 23.6 Å². The number of hydrogen-bond donors (Lipinski definition) is 2. The van der Waals surface area contributed by atoms with Crippen LogP contribution >= 0.6 is 0 Å². The van der Waals surface area contributed by atoms with Crippen LogP contribution in [0.15, 0.2) is 28.7 Å². The smallest absolute Gasteiger partial charge is 0.465 e. The van der Waals surface area contributed by atoms with Crippen LogP contribution in [0.5, 0.6) is 0 Å². The molecule has 27 heavy (non-hydrogen) atoms. The zero-order valence-corrected chi connectivity index (χ0v) is 16.4. The number of carboxylic acid groups (broad SMARTS) is 1. The van der Waals surface area contributed by atoms with Crippen molar-refractivity contribution in [2.24, 2.45) is 0 Å². The predicted molar refractivity (Wildman–Crippen MR) is 99.6 cm³/mol. The number of benzene rings is 1. The molecule has 2 N–H and O–H groups in total. The molecule has 8 nitrogen and oxygen atoms in total. The second-order valence-corrected chi connectivity index (χ2v) is 8.18. The van der Waals surface area contributed by atoms with E-state index in [0.29, 0.717) is 5.89 Å². The summed E-state index contributed by atoms with van der Waals surface area (Å²) >= 11 is 0. The van der Waals surface area contributed by atoms with E-state index in [9.17, 15) is 4.79 Å². The van der Waals surface area contributed by atoms with Crippen molar-refractivity contribution >= 4 is 18.7 Å². The lowest BCUT2D eigenvalue weighted by atomic mass is 9.79. The van der Waals surface area contributed by atoms with Gasteiger partial charge in [0.1, 0.15) is 5.54 Å². The Morgan fingerprint density at radius 1 is 1.07 bits per heavy atom. The highest BCUT2D eigenvalue weighted by Crippen LogP contribution is 2.36. The summed E-state index contributed by atoms with van der Waals surface area (Å²) in [6.45, 7) is 11.3. The molecule has 1 aliphatic heterocycles. The van der Waals surface area contributed by atoms with Crippen molar-refractivity contribution in [3.8, 4) is 11.5 Å². The van der Waals surface area contributed by atoms with Crippen LogP contribution in [0.1, 0.15) is 47.4 Å². The molecule has 1 saturated heterocycles. The minimum Gasteiger partial charge on any atom is -0.465 e. The third-order valence-corrected chi connectivity index (χ3v) is 5.06. The lowest BCUT2D eigenvalue weighted by Gasteiger charge is -2.32. The van der Waals surface area contributed by atoms with E-state index >= 15 is 0 Å². The van der Waals surface area contributed by atoms with Crippen molar-refractivity contribution in [1.82, 2.24) is 15.5 Å². The van der Waals surface area contributed by atoms with Gasteiger partial charge >= 0.3 is 13.2 Å². The predicted octanol–water partition coefficient (Wildman–Crippen LogP) is 2.54. The number of aromatic nitrogens is 2. The van der Waals surface area contributed by atoms with E-state index in [1.165, 1.54) is 0 Å². The molecule has 1 aliphatic rings. The molecule has 0 aliphatic carbocycles. The minimum absolute atomic E-state index is 0.190. The van der Waals surface area contributed by atoms with Crippen LogP contribution in [0.3, 0.4) is 0 Å². The summed E-state index contributed by atoms with van der Waals surface area (Å²) in [5.74, 6) is 0.501. The molecular formula is C18H24BN3O5. The van der Waals surface area contributed by atoms with Crippen LogP contribution in [0.2, 0.25) is 0 Å². The molecule has 3 rings (SSSR count). The third kappa shape index (κ3) is 3.70. The summed E-state index contributed by atoms with van der Waals surface area (Å²) in [6, 6.07) is 7.47. The SMILES string of the molecule is CC(C)(NC(=O)O)c1nnc(-c2ccc(B3OC(C)(C)C(C)(C)O3)cc2)o1. The van der Waals surface area contributed by atoms with Gasteiger partial charge < -0.3 is 24.1 Å². The van der Waals surface area contributed by atoms with Crippen molar-refractivity contribution in [1.29, 1.82) is 0 Å². The summed E-state index contributed by atoms with van der Waals surface area (Å²) in [7, 11) is -0.444. The monoisotopic (exact) mass is 373 g/mol. The molecule has 1 amide bonds. The Kier molecular flexibility index (Phi) is 4.56. The lowest BCUT2D eigenvalue weighted by molar-refractivity contribution is 0.00578. The number of rotatable bonds is 4. The summed E-state index contributed by atoms with van der Waals surface area (Å²) < 4.78 is 17.7. The highest BCUT2D eigenvalue weighted by atomic mass is 16.7. The molecule has 9 heteroatoms. The number of nitrogens with zero attached hydrogens (tertiary/aromatic N) is 2. The van der Waals surface area contributed by atoms with Gasteiger partial charge in [0.05, 0.1) is 11.2 Å². The molecule has 144 valence electrons. The van der Waals surface area contributed by atoms with Gasteiger partial charge in [-0.15, -0.1) is 10.2 Å². The van der Waals surface area contributed by atoms with Crippen molar-refractivity contribution in [3.05, 3.63) is 30.2 Å². The molecule has 0 atom stereocenters. The summed E-state index contributed by atoms with van der Waals surface area (Å²) in [6.07, 6.45) is -1.16. The fourth-order valence-corrected chi connectivity index (χ4v) is 2.68. The topological polar surface area (TPSA) is 107 Å². The van der Waals surface area contributed by atoms with Gasteiger partial charge in [-0.25, -0.2) is 4.79 Å². The van der Waals surface area contributed by atoms with E-state index in [4.69, 9.17) is 18.8 Å². The molecule has 1 fully saturated rings. The van der Waals surface area contributed by atoms with Gasteiger partial charge in [0.25, 0.3) is 0 Å². The fraction of sp³-hybridized carbons (Fsp3) is 0.500. The first kappa shape index (κ1) is 19.4. The van der Waals surface area contributed by atoms with Crippen LogP contribution in [-0.4, -0.2) is 39.7 Å². The summed E-state index contributed by atoms with van der Waals surface area (Å²) in [5.41, 5.74) is -0.175. The van der Waals surface area contributed by atoms with E-state index in [0.717, 1.165) is 11.0 Å². The summed E-state index contributed by atoms with van der Waals surface area (Å²) in [4.78, 5) is 10.9. The standard InChI is InChI=1S/C18H24BN3O5/c1-16(2,20-15(23)24)14-22-21-13(25-14)11-7-9-12(10-8-11)19-26-17(3,4)18(5,6)27-19/h7-10,20H,1-6H3,(H,23,24). The molecule has 0 unspecified atom stereocenters. The Bertz CT molecular complexity index is 829. The Hall–Kier alpha value is -2.39. The lowest BCUT2D eigenvalue weighted by Crippen LogP contribution is -2.41. The highest BCUT2D eigenvalue weighted by Gasteiger charge is 2.51. The second-order valence-electron chi connectivity index (χ2n) is 8.18. The molecule has 0 radical (unpaired) electrons. The number of amides is 1. The van der Waals surface area contributed by atoms with Gasteiger partial charge in [0.15, 0.2) is 0 Å². The number of carbonyl (C=O) groups is 1. The average Bonchev–Trinajstić information content (AvgIpc) is 3.10. The number of nitrogens with one attached hydrogen (secondary N) is 1. The first-order valence-corrected chi connectivity index (χ1v) is 8.72. The van der Waals surface area contributed by atoms with Crippen molar-refractivity contribution in [2.75, 3.05) is 0 Å². The largest absolute Gasteiger partial charge is 0.494 e. The molecule has 0 bridgehead atoms. The zero-order valence-electron chi connectivity index (χ0n) is 16.4. The Morgan fingerprint density at radius 2 is 1.63 bits per heavy atom. The summed E-state index contributed by atoms with van der Waals surface area (Å²) in [5, 5.41) is 19.3. The number of hydrogen-bond acceptors (Lipinski definition) is 6. The molecule has 0 saturated carbocycles. The minimum atomic E-state index is -1.16. The molecule has 0 spiro atoms. The molecular weight excluding hydrogens is 349 g/mol. The van der Waals surface area contributed by atoms with Crippen LogP contribution in [0.4, 0.5) is 4.79 Å². The van der Waals surface area contributed by atoms with Crippen LogP contribution in [0.25, 0.3) is 11.5 Å². The van der Waals surface area contributed by atoms with E-state index in [-0.39, 0.29) is 5.89 Å². The maximum absolute atomic E-state index is 10.9. The van der Waals surface area contributed by atoms with Gasteiger partial charge in [-0.2, -0.15) is 0 Å². The van der Waals surface area contributed by atoms with Crippen LogP contribution in [-0.2, 0) is 14.8 Å². The molecule has 2 aromatic rings. The average molecular weight is 373 g/mol. The van der Waals surface area contributed by atoms with Crippen molar-refractivity contribution in [2.45, 2.75) is 58.3 Å². The van der Waals surface area contributed by atoms with E-state index in [1.54, 1.807) is 13.8 Å². The normalized spacial score (nSPS) is 18.5. The molecule has 1 aromatic carbocycles. The maximum Gasteiger partial charge on any atom is 0.494 e. The fourth-order valence-electron chi connectivity index (χ4n) is 2.68. The van der Waals surface area contributed by atoms with Crippen molar-refractivity contribution in [3.63, 3.8) is 0 Å². The van der Waals surface area contributed by atoms with E-state index in [1.807, 2.05) is 52.0 Å². The molecule has 2 heterocycles. The second kappa shape index (κ2) is 6.35. The highest BCUT2D eigenvalue weighted by molar-refractivity contribution is 6.62.